The van der Waals surface area contributed by atoms with Crippen LogP contribution in [-0.4, -0.2) is 61.9 Å². The zero-order valence-corrected chi connectivity index (χ0v) is 9.45. The first-order valence-corrected chi connectivity index (χ1v) is 5.29. The van der Waals surface area contributed by atoms with Gasteiger partial charge < -0.3 is 10.2 Å². The van der Waals surface area contributed by atoms with E-state index in [1.165, 1.54) is 17.7 Å². The zero-order valence-electron chi connectivity index (χ0n) is 9.45. The Morgan fingerprint density at radius 3 is 2.40 bits per heavy atom. The standard InChI is InChI=1S/C10H19N3O2/c1-12(2)10(15)7-11-9(14)8-13-5-3-4-6-13/h3-8H2,1-2H3,(H,11,14). The van der Waals surface area contributed by atoms with Crippen LogP contribution < -0.4 is 5.32 Å². The minimum Gasteiger partial charge on any atom is -0.347 e. The van der Waals surface area contributed by atoms with Crippen molar-refractivity contribution >= 4 is 11.8 Å². The first kappa shape index (κ1) is 12.0. The van der Waals surface area contributed by atoms with E-state index in [1.54, 1.807) is 14.1 Å². The second kappa shape index (κ2) is 5.70. The molecule has 0 aromatic rings. The lowest BCUT2D eigenvalue weighted by atomic mass is 10.4. The molecule has 0 atom stereocenters. The van der Waals surface area contributed by atoms with E-state index in [-0.39, 0.29) is 18.4 Å². The quantitative estimate of drug-likeness (QED) is 0.671. The van der Waals surface area contributed by atoms with E-state index in [9.17, 15) is 9.59 Å². The molecule has 0 aromatic carbocycles. The third-order valence-corrected chi connectivity index (χ3v) is 2.50. The van der Waals surface area contributed by atoms with Gasteiger partial charge in [0.05, 0.1) is 13.1 Å². The van der Waals surface area contributed by atoms with Gasteiger partial charge in [0.15, 0.2) is 0 Å². The molecular weight excluding hydrogens is 194 g/mol. The molecule has 86 valence electrons. The molecule has 1 N–H and O–H groups in total. The number of carbonyl (C=O) groups is 2. The highest BCUT2D eigenvalue weighted by molar-refractivity contribution is 5.85. The molecule has 2 amide bonds. The molecule has 5 heteroatoms. The van der Waals surface area contributed by atoms with Crippen molar-refractivity contribution in [2.24, 2.45) is 0 Å². The Morgan fingerprint density at radius 2 is 1.87 bits per heavy atom. The number of nitrogens with one attached hydrogen (secondary N) is 1. The number of likely N-dealkylation sites (N-methyl/N-ethyl adjacent to an activating group) is 1. The Bertz CT molecular complexity index is 235. The molecule has 1 fully saturated rings. The van der Waals surface area contributed by atoms with E-state index >= 15 is 0 Å². The number of amides is 2. The van der Waals surface area contributed by atoms with Crippen LogP contribution in [0, 0.1) is 0 Å². The van der Waals surface area contributed by atoms with E-state index < -0.39 is 0 Å². The van der Waals surface area contributed by atoms with Crippen molar-refractivity contribution in [3.8, 4) is 0 Å². The Balaban J connectivity index is 2.15. The first-order chi connectivity index (χ1) is 7.09. The summed E-state index contributed by atoms with van der Waals surface area (Å²) in [4.78, 5) is 26.2. The van der Waals surface area contributed by atoms with Gasteiger partial charge in [-0.25, -0.2) is 0 Å². The van der Waals surface area contributed by atoms with Gasteiger partial charge in [-0.2, -0.15) is 0 Å². The molecule has 1 aliphatic heterocycles. The fourth-order valence-corrected chi connectivity index (χ4v) is 1.53. The highest BCUT2D eigenvalue weighted by Crippen LogP contribution is 2.05. The lowest BCUT2D eigenvalue weighted by Gasteiger charge is -2.15. The molecule has 0 aromatic heterocycles. The van der Waals surface area contributed by atoms with Crippen LogP contribution in [0.2, 0.25) is 0 Å². The molecule has 0 aliphatic carbocycles. The number of likely N-dealkylation sites (tertiary alicyclic amines) is 1. The van der Waals surface area contributed by atoms with Gasteiger partial charge in [-0.15, -0.1) is 0 Å². The second-order valence-corrected chi connectivity index (χ2v) is 4.05. The molecular formula is C10H19N3O2. The fourth-order valence-electron chi connectivity index (χ4n) is 1.53. The summed E-state index contributed by atoms with van der Waals surface area (Å²) in [5.74, 6) is -0.142. The maximum Gasteiger partial charge on any atom is 0.241 e. The lowest BCUT2D eigenvalue weighted by molar-refractivity contribution is -0.131. The molecule has 0 bridgehead atoms. The summed E-state index contributed by atoms with van der Waals surface area (Å²) in [6.07, 6.45) is 2.34. The number of hydrogen-bond acceptors (Lipinski definition) is 3. The summed E-state index contributed by atoms with van der Waals surface area (Å²) in [7, 11) is 3.35. The van der Waals surface area contributed by atoms with Gasteiger partial charge in [0.25, 0.3) is 0 Å². The summed E-state index contributed by atoms with van der Waals surface area (Å²) < 4.78 is 0. The van der Waals surface area contributed by atoms with Gasteiger partial charge in [0.1, 0.15) is 0 Å². The Labute approximate surface area is 90.4 Å². The van der Waals surface area contributed by atoms with Gasteiger partial charge >= 0.3 is 0 Å². The number of hydrogen-bond donors (Lipinski definition) is 1. The van der Waals surface area contributed by atoms with Crippen molar-refractivity contribution in [1.82, 2.24) is 15.1 Å². The van der Waals surface area contributed by atoms with E-state index in [4.69, 9.17) is 0 Å². The fraction of sp³-hybridized carbons (Fsp3) is 0.800. The molecule has 0 radical (unpaired) electrons. The normalized spacial score (nSPS) is 16.4. The van der Waals surface area contributed by atoms with Crippen molar-refractivity contribution in [2.75, 3.05) is 40.3 Å². The summed E-state index contributed by atoms with van der Waals surface area (Å²) >= 11 is 0. The molecule has 1 heterocycles. The van der Waals surface area contributed by atoms with Gasteiger partial charge in [0.2, 0.25) is 11.8 Å². The van der Waals surface area contributed by atoms with E-state index in [0.29, 0.717) is 6.54 Å². The minimum atomic E-state index is -0.0789. The third-order valence-electron chi connectivity index (χ3n) is 2.50. The lowest BCUT2D eigenvalue weighted by Crippen LogP contribution is -2.41. The molecule has 1 aliphatic rings. The number of rotatable bonds is 4. The van der Waals surface area contributed by atoms with Crippen LogP contribution in [0.3, 0.4) is 0 Å². The van der Waals surface area contributed by atoms with Crippen LogP contribution in [0.5, 0.6) is 0 Å². The van der Waals surface area contributed by atoms with Crippen LogP contribution in [0.25, 0.3) is 0 Å². The second-order valence-electron chi connectivity index (χ2n) is 4.05. The van der Waals surface area contributed by atoms with Crippen molar-refractivity contribution < 1.29 is 9.59 Å². The van der Waals surface area contributed by atoms with Crippen LogP contribution in [-0.2, 0) is 9.59 Å². The molecule has 1 rings (SSSR count). The van der Waals surface area contributed by atoms with Gasteiger partial charge in [-0.3, -0.25) is 14.5 Å². The summed E-state index contributed by atoms with van der Waals surface area (Å²) in [5, 5.41) is 2.62. The maximum absolute atomic E-state index is 11.4. The summed E-state index contributed by atoms with van der Waals surface area (Å²) in [6, 6.07) is 0. The minimum absolute atomic E-state index is 0.0629. The third kappa shape index (κ3) is 4.29. The smallest absolute Gasteiger partial charge is 0.241 e. The average Bonchev–Trinajstić information content (AvgIpc) is 2.66. The van der Waals surface area contributed by atoms with E-state index in [2.05, 4.69) is 10.2 Å². The van der Waals surface area contributed by atoms with E-state index in [0.717, 1.165) is 13.1 Å². The van der Waals surface area contributed by atoms with E-state index in [1.807, 2.05) is 0 Å². The SMILES string of the molecule is CN(C)C(=O)CNC(=O)CN1CCCC1. The zero-order chi connectivity index (χ0) is 11.3. The topological polar surface area (TPSA) is 52.7 Å². The average molecular weight is 213 g/mol. The van der Waals surface area contributed by atoms with Crippen LogP contribution in [0.15, 0.2) is 0 Å². The van der Waals surface area contributed by atoms with Crippen molar-refractivity contribution in [2.45, 2.75) is 12.8 Å². The van der Waals surface area contributed by atoms with Gasteiger partial charge in [0, 0.05) is 14.1 Å². The highest BCUT2D eigenvalue weighted by Gasteiger charge is 2.15. The predicted octanol–water partition coefficient (Wildman–Crippen LogP) is -0.713. The Hall–Kier alpha value is -1.10. The molecule has 1 saturated heterocycles. The largest absolute Gasteiger partial charge is 0.347 e. The Morgan fingerprint density at radius 1 is 1.27 bits per heavy atom. The number of nitrogens with zero attached hydrogens (tertiary/aromatic N) is 2. The summed E-state index contributed by atoms with van der Waals surface area (Å²) in [5.41, 5.74) is 0. The van der Waals surface area contributed by atoms with Crippen molar-refractivity contribution in [1.29, 1.82) is 0 Å². The molecule has 5 nitrogen and oxygen atoms in total. The molecule has 0 spiro atoms. The first-order valence-electron chi connectivity index (χ1n) is 5.29. The van der Waals surface area contributed by atoms with Crippen LogP contribution in [0.4, 0.5) is 0 Å². The Kier molecular flexibility index (Phi) is 4.55. The van der Waals surface area contributed by atoms with Gasteiger partial charge in [-0.05, 0) is 25.9 Å². The molecule has 0 saturated carbocycles. The van der Waals surface area contributed by atoms with Gasteiger partial charge in [-0.1, -0.05) is 0 Å². The maximum atomic E-state index is 11.4. The summed E-state index contributed by atoms with van der Waals surface area (Å²) in [6.45, 7) is 2.50. The highest BCUT2D eigenvalue weighted by atomic mass is 16.2. The van der Waals surface area contributed by atoms with Crippen LogP contribution in [0.1, 0.15) is 12.8 Å². The molecule has 15 heavy (non-hydrogen) atoms. The molecule has 0 unspecified atom stereocenters. The number of carbonyl (C=O) groups excluding carboxylic acids is 2. The van der Waals surface area contributed by atoms with Crippen molar-refractivity contribution in [3.05, 3.63) is 0 Å². The van der Waals surface area contributed by atoms with Crippen LogP contribution >= 0.6 is 0 Å². The predicted molar refractivity (Wildman–Crippen MR) is 57.4 cm³/mol. The van der Waals surface area contributed by atoms with Crippen molar-refractivity contribution in [3.63, 3.8) is 0 Å². The monoisotopic (exact) mass is 213 g/mol.